The van der Waals surface area contributed by atoms with E-state index in [1.165, 1.54) is 12.1 Å². The summed E-state index contributed by atoms with van der Waals surface area (Å²) in [5.74, 6) is 0.182. The second-order valence-electron chi connectivity index (χ2n) is 3.90. The minimum Gasteiger partial charge on any atom is -0.324 e. The number of hydrogen-bond donors (Lipinski definition) is 1. The summed E-state index contributed by atoms with van der Waals surface area (Å²) in [4.78, 5) is 0. The maximum Gasteiger partial charge on any atom is 0.124 e. The summed E-state index contributed by atoms with van der Waals surface area (Å²) in [6.07, 6.45) is 0.853. The highest BCUT2D eigenvalue weighted by Gasteiger charge is 2.12. The van der Waals surface area contributed by atoms with Crippen molar-refractivity contribution in [1.82, 2.24) is 0 Å². The molecule has 0 aliphatic heterocycles. The zero-order valence-corrected chi connectivity index (χ0v) is 10.4. The van der Waals surface area contributed by atoms with E-state index in [9.17, 15) is 4.39 Å². The fourth-order valence-electron chi connectivity index (χ4n) is 1.44. The molecule has 1 aromatic carbocycles. The molecule has 0 aliphatic rings. The summed E-state index contributed by atoms with van der Waals surface area (Å²) < 4.78 is 12.7. The molecule has 0 fully saturated rings. The van der Waals surface area contributed by atoms with Gasteiger partial charge in [0.2, 0.25) is 0 Å². The van der Waals surface area contributed by atoms with Gasteiger partial charge in [0.05, 0.1) is 0 Å². The lowest BCUT2D eigenvalue weighted by Gasteiger charge is -2.15. The monoisotopic (exact) mass is 251 g/mol. The molecule has 1 rings (SSSR count). The number of benzene rings is 1. The first-order valence-electron chi connectivity index (χ1n) is 4.71. The first-order valence-corrected chi connectivity index (χ1v) is 5.09. The molecule has 0 bridgehead atoms. The Hall–Kier alpha value is -0.310. The van der Waals surface area contributed by atoms with Crippen molar-refractivity contribution >= 4 is 24.0 Å². The third kappa shape index (κ3) is 4.37. The summed E-state index contributed by atoms with van der Waals surface area (Å²) in [6, 6.07) is 4.24. The summed E-state index contributed by atoms with van der Waals surface area (Å²) in [7, 11) is 0. The predicted octanol–water partition coefficient (Wildman–Crippen LogP) is 3.95. The molecule has 0 unspecified atom stereocenters. The van der Waals surface area contributed by atoms with Gasteiger partial charge in [-0.15, -0.1) is 12.4 Å². The first-order chi connectivity index (χ1) is 6.50. The highest BCUT2D eigenvalue weighted by Crippen LogP contribution is 2.26. The maximum absolute atomic E-state index is 12.7. The van der Waals surface area contributed by atoms with Gasteiger partial charge in [-0.2, -0.15) is 0 Å². The van der Waals surface area contributed by atoms with E-state index in [2.05, 4.69) is 13.8 Å². The van der Waals surface area contributed by atoms with Crippen LogP contribution in [0.5, 0.6) is 0 Å². The summed E-state index contributed by atoms with van der Waals surface area (Å²) in [5, 5.41) is 0.415. The molecule has 1 atom stereocenters. The van der Waals surface area contributed by atoms with E-state index in [-0.39, 0.29) is 24.3 Å². The second kappa shape index (κ2) is 6.31. The van der Waals surface area contributed by atoms with Gasteiger partial charge in [0.15, 0.2) is 0 Å². The van der Waals surface area contributed by atoms with Crippen LogP contribution in [0.3, 0.4) is 0 Å². The standard InChI is InChI=1S/C11H15ClFN.ClH/c1-7(2)5-11(14)9-4-3-8(13)6-10(9)12;/h3-4,6-7,11H,5,14H2,1-2H3;1H/t11-;/m0./s1. The lowest BCUT2D eigenvalue weighted by Crippen LogP contribution is -2.13. The minimum absolute atomic E-state index is 0. The van der Waals surface area contributed by atoms with Gasteiger partial charge in [0, 0.05) is 11.1 Å². The van der Waals surface area contributed by atoms with Gasteiger partial charge < -0.3 is 5.73 Å². The van der Waals surface area contributed by atoms with E-state index in [1.807, 2.05) is 0 Å². The van der Waals surface area contributed by atoms with Crippen molar-refractivity contribution in [3.8, 4) is 0 Å². The van der Waals surface area contributed by atoms with Crippen LogP contribution in [0, 0.1) is 11.7 Å². The van der Waals surface area contributed by atoms with E-state index in [1.54, 1.807) is 6.07 Å². The predicted molar refractivity (Wildman–Crippen MR) is 65.0 cm³/mol. The van der Waals surface area contributed by atoms with Crippen LogP contribution in [0.25, 0.3) is 0 Å². The van der Waals surface area contributed by atoms with Crippen molar-refractivity contribution in [3.05, 3.63) is 34.6 Å². The fourth-order valence-corrected chi connectivity index (χ4v) is 1.74. The molecule has 1 aromatic rings. The molecule has 0 aromatic heterocycles. The Balaban J connectivity index is 0.00000196. The van der Waals surface area contributed by atoms with E-state index in [0.29, 0.717) is 10.9 Å². The third-order valence-corrected chi connectivity index (χ3v) is 2.41. The van der Waals surface area contributed by atoms with E-state index in [0.717, 1.165) is 12.0 Å². The Kier molecular flexibility index (Phi) is 6.18. The molecule has 0 saturated carbocycles. The van der Waals surface area contributed by atoms with Crippen LogP contribution in [0.1, 0.15) is 31.9 Å². The molecular formula is C11H16Cl2FN. The smallest absolute Gasteiger partial charge is 0.124 e. The molecule has 0 spiro atoms. The van der Waals surface area contributed by atoms with Crippen molar-refractivity contribution in [3.63, 3.8) is 0 Å². The van der Waals surface area contributed by atoms with Crippen molar-refractivity contribution in [2.24, 2.45) is 11.7 Å². The average molecular weight is 252 g/mol. The topological polar surface area (TPSA) is 26.0 Å². The molecule has 0 amide bonds. The molecular weight excluding hydrogens is 236 g/mol. The first kappa shape index (κ1) is 14.7. The zero-order chi connectivity index (χ0) is 10.7. The van der Waals surface area contributed by atoms with E-state index < -0.39 is 0 Å². The Morgan fingerprint density at radius 2 is 2.00 bits per heavy atom. The van der Waals surface area contributed by atoms with Gasteiger partial charge >= 0.3 is 0 Å². The SMILES string of the molecule is CC(C)C[C@H](N)c1ccc(F)cc1Cl.Cl. The van der Waals surface area contributed by atoms with Crippen LogP contribution in [0.4, 0.5) is 4.39 Å². The van der Waals surface area contributed by atoms with Crippen LogP contribution in [0.2, 0.25) is 5.02 Å². The zero-order valence-electron chi connectivity index (χ0n) is 8.84. The van der Waals surface area contributed by atoms with Crippen LogP contribution in [0.15, 0.2) is 18.2 Å². The number of nitrogens with two attached hydrogens (primary N) is 1. The van der Waals surface area contributed by atoms with Crippen molar-refractivity contribution in [2.75, 3.05) is 0 Å². The number of halogens is 3. The Morgan fingerprint density at radius 3 is 2.47 bits per heavy atom. The van der Waals surface area contributed by atoms with Gasteiger partial charge in [-0.3, -0.25) is 0 Å². The molecule has 86 valence electrons. The second-order valence-corrected chi connectivity index (χ2v) is 4.31. The summed E-state index contributed by atoms with van der Waals surface area (Å²) in [5.41, 5.74) is 6.76. The molecule has 0 radical (unpaired) electrons. The molecule has 0 aliphatic carbocycles. The molecule has 0 saturated heterocycles. The van der Waals surface area contributed by atoms with Gasteiger partial charge in [-0.05, 0) is 30.0 Å². The molecule has 1 nitrogen and oxygen atoms in total. The van der Waals surface area contributed by atoms with E-state index >= 15 is 0 Å². The highest BCUT2D eigenvalue weighted by atomic mass is 35.5. The minimum atomic E-state index is -0.324. The lowest BCUT2D eigenvalue weighted by molar-refractivity contribution is 0.509. The Morgan fingerprint density at radius 1 is 1.40 bits per heavy atom. The largest absolute Gasteiger partial charge is 0.324 e. The molecule has 4 heteroatoms. The third-order valence-electron chi connectivity index (χ3n) is 2.09. The highest BCUT2D eigenvalue weighted by molar-refractivity contribution is 6.31. The van der Waals surface area contributed by atoms with Crippen molar-refractivity contribution < 1.29 is 4.39 Å². The molecule has 0 heterocycles. The van der Waals surface area contributed by atoms with Crippen LogP contribution in [-0.2, 0) is 0 Å². The number of rotatable bonds is 3. The Bertz CT molecular complexity index is 315. The molecule has 15 heavy (non-hydrogen) atoms. The quantitative estimate of drug-likeness (QED) is 0.866. The normalized spacial score (nSPS) is 12.4. The Labute approximate surface area is 101 Å². The van der Waals surface area contributed by atoms with Gasteiger partial charge in [-0.1, -0.05) is 31.5 Å². The number of hydrogen-bond acceptors (Lipinski definition) is 1. The van der Waals surface area contributed by atoms with Gasteiger partial charge in [0.1, 0.15) is 5.82 Å². The van der Waals surface area contributed by atoms with Gasteiger partial charge in [0.25, 0.3) is 0 Å². The van der Waals surface area contributed by atoms with Crippen LogP contribution in [-0.4, -0.2) is 0 Å². The maximum atomic E-state index is 12.7. The van der Waals surface area contributed by atoms with Gasteiger partial charge in [-0.25, -0.2) is 4.39 Å². The van der Waals surface area contributed by atoms with Crippen molar-refractivity contribution in [1.29, 1.82) is 0 Å². The lowest BCUT2D eigenvalue weighted by atomic mass is 9.98. The fraction of sp³-hybridized carbons (Fsp3) is 0.455. The average Bonchev–Trinajstić information content (AvgIpc) is 2.01. The van der Waals surface area contributed by atoms with E-state index in [4.69, 9.17) is 17.3 Å². The summed E-state index contributed by atoms with van der Waals surface area (Å²) in [6.45, 7) is 4.19. The summed E-state index contributed by atoms with van der Waals surface area (Å²) >= 11 is 5.89. The van der Waals surface area contributed by atoms with Crippen LogP contribution >= 0.6 is 24.0 Å². The van der Waals surface area contributed by atoms with Crippen molar-refractivity contribution in [2.45, 2.75) is 26.3 Å². The van der Waals surface area contributed by atoms with Crippen LogP contribution < -0.4 is 5.73 Å². The molecule has 2 N–H and O–H groups in total.